The summed E-state index contributed by atoms with van der Waals surface area (Å²) in [5.74, 6) is 6.07. The predicted molar refractivity (Wildman–Crippen MR) is 56.4 cm³/mol. The monoisotopic (exact) mass is 181 g/mol. The summed E-state index contributed by atoms with van der Waals surface area (Å²) in [6.07, 6.45) is 6.05. The Morgan fingerprint density at radius 1 is 1.23 bits per heavy atom. The van der Waals surface area contributed by atoms with E-state index in [1.807, 2.05) is 6.92 Å². The van der Waals surface area contributed by atoms with Gasteiger partial charge in [0, 0.05) is 12.8 Å². The summed E-state index contributed by atoms with van der Waals surface area (Å²) < 4.78 is 0. The van der Waals surface area contributed by atoms with Gasteiger partial charge in [0.15, 0.2) is 0 Å². The minimum atomic E-state index is -0.0984. The molecule has 74 valence electrons. The van der Waals surface area contributed by atoms with Crippen molar-refractivity contribution in [3.8, 4) is 11.8 Å². The highest BCUT2D eigenvalue weighted by Crippen LogP contribution is 2.01. The van der Waals surface area contributed by atoms with Crippen LogP contribution in [0.5, 0.6) is 0 Å². The Balaban J connectivity index is 3.42. The zero-order valence-corrected chi connectivity index (χ0v) is 8.68. The van der Waals surface area contributed by atoms with Crippen molar-refractivity contribution in [3.63, 3.8) is 0 Å². The Labute approximate surface area is 81.1 Å². The van der Waals surface area contributed by atoms with E-state index in [1.165, 1.54) is 19.3 Å². The fraction of sp³-hybridized carbons (Fsp3) is 0.818. The lowest BCUT2D eigenvalue weighted by Crippen LogP contribution is -1.98. The largest absolute Gasteiger partial charge is 0.150 e. The summed E-state index contributed by atoms with van der Waals surface area (Å²) in [5.41, 5.74) is 0. The van der Waals surface area contributed by atoms with Crippen LogP contribution in [0.15, 0.2) is 5.18 Å². The van der Waals surface area contributed by atoms with Gasteiger partial charge in [-0.2, -0.15) is 4.91 Å². The van der Waals surface area contributed by atoms with Gasteiger partial charge in [0.05, 0.1) is 0 Å². The van der Waals surface area contributed by atoms with Crippen LogP contribution in [0, 0.1) is 16.7 Å². The molecule has 0 heterocycles. The third-order valence-electron chi connectivity index (χ3n) is 1.99. The quantitative estimate of drug-likeness (QED) is 0.350. The first-order chi connectivity index (χ1) is 6.35. The molecule has 0 aromatic heterocycles. The van der Waals surface area contributed by atoms with Crippen LogP contribution in [-0.2, 0) is 0 Å². The molecule has 0 spiro atoms. The number of hydrogen-bond donors (Lipinski definition) is 0. The Bertz CT molecular complexity index is 178. The van der Waals surface area contributed by atoms with Crippen molar-refractivity contribution >= 4 is 0 Å². The van der Waals surface area contributed by atoms with Crippen LogP contribution >= 0.6 is 0 Å². The summed E-state index contributed by atoms with van der Waals surface area (Å²) in [4.78, 5) is 10.2. The first-order valence-electron chi connectivity index (χ1n) is 5.13. The van der Waals surface area contributed by atoms with Gasteiger partial charge in [0.2, 0.25) is 0 Å². The third-order valence-corrected chi connectivity index (χ3v) is 1.99. The van der Waals surface area contributed by atoms with Gasteiger partial charge >= 0.3 is 0 Å². The second-order valence-corrected chi connectivity index (χ2v) is 3.18. The molecule has 0 bridgehead atoms. The molecule has 0 aromatic carbocycles. The van der Waals surface area contributed by atoms with Crippen molar-refractivity contribution in [1.82, 2.24) is 0 Å². The van der Waals surface area contributed by atoms with Gasteiger partial charge in [-0.25, -0.2) is 0 Å². The molecule has 0 saturated carbocycles. The topological polar surface area (TPSA) is 29.4 Å². The SMILES string of the molecule is CCCCCC#CC[C@H](CC)N=O. The highest BCUT2D eigenvalue weighted by molar-refractivity contribution is 5.01. The van der Waals surface area contributed by atoms with Gasteiger partial charge in [0.25, 0.3) is 0 Å². The maximum absolute atomic E-state index is 10.2. The third kappa shape index (κ3) is 7.52. The molecule has 13 heavy (non-hydrogen) atoms. The van der Waals surface area contributed by atoms with Crippen LogP contribution in [0.1, 0.15) is 52.4 Å². The van der Waals surface area contributed by atoms with Gasteiger partial charge in [-0.3, -0.25) is 0 Å². The number of hydrogen-bond acceptors (Lipinski definition) is 2. The first kappa shape index (κ1) is 12.2. The second kappa shape index (κ2) is 9.25. The summed E-state index contributed by atoms with van der Waals surface area (Å²) >= 11 is 0. The van der Waals surface area contributed by atoms with E-state index in [0.717, 1.165) is 12.8 Å². The zero-order valence-electron chi connectivity index (χ0n) is 8.68. The van der Waals surface area contributed by atoms with Crippen molar-refractivity contribution < 1.29 is 0 Å². The van der Waals surface area contributed by atoms with E-state index in [-0.39, 0.29) is 6.04 Å². The van der Waals surface area contributed by atoms with Crippen LogP contribution in [0.2, 0.25) is 0 Å². The maximum Gasteiger partial charge on any atom is 0.103 e. The van der Waals surface area contributed by atoms with E-state index in [1.54, 1.807) is 0 Å². The lowest BCUT2D eigenvalue weighted by Gasteiger charge is -1.97. The minimum absolute atomic E-state index is 0.0984. The van der Waals surface area contributed by atoms with Crippen molar-refractivity contribution in [2.24, 2.45) is 5.18 Å². The fourth-order valence-electron chi connectivity index (χ4n) is 0.998. The van der Waals surface area contributed by atoms with Gasteiger partial charge in [-0.1, -0.05) is 31.9 Å². The molecule has 0 amide bonds. The fourth-order valence-corrected chi connectivity index (χ4v) is 0.998. The number of nitroso groups, excluding NO2 is 1. The Morgan fingerprint density at radius 3 is 2.54 bits per heavy atom. The van der Waals surface area contributed by atoms with Crippen LogP contribution in [0.4, 0.5) is 0 Å². The Kier molecular flexibility index (Phi) is 8.65. The molecule has 2 nitrogen and oxygen atoms in total. The van der Waals surface area contributed by atoms with E-state index in [4.69, 9.17) is 0 Å². The normalized spacial score (nSPS) is 11.5. The number of unbranched alkanes of at least 4 members (excludes halogenated alkanes) is 3. The molecule has 0 aliphatic carbocycles. The first-order valence-corrected chi connectivity index (χ1v) is 5.13. The summed E-state index contributed by atoms with van der Waals surface area (Å²) in [6.45, 7) is 4.14. The predicted octanol–water partition coefficient (Wildman–Crippen LogP) is 3.51. The molecule has 1 atom stereocenters. The van der Waals surface area contributed by atoms with Gasteiger partial charge in [-0.15, -0.1) is 11.8 Å². The van der Waals surface area contributed by atoms with Crippen LogP contribution in [0.3, 0.4) is 0 Å². The van der Waals surface area contributed by atoms with Gasteiger partial charge in [0.1, 0.15) is 6.04 Å². The molecule has 0 rings (SSSR count). The number of nitrogens with zero attached hydrogens (tertiary/aromatic N) is 1. The summed E-state index contributed by atoms with van der Waals surface area (Å²) in [6, 6.07) is -0.0984. The molecule has 0 aliphatic heterocycles. The average molecular weight is 181 g/mol. The van der Waals surface area contributed by atoms with E-state index in [9.17, 15) is 4.91 Å². The van der Waals surface area contributed by atoms with Crippen molar-refractivity contribution in [2.75, 3.05) is 0 Å². The standard InChI is InChI=1S/C11H19NO/c1-3-5-6-7-8-9-10-11(4-2)12-13/h11H,3-7,10H2,1-2H3/t11-/m0/s1. The Morgan fingerprint density at radius 2 is 2.00 bits per heavy atom. The van der Waals surface area contributed by atoms with Crippen LogP contribution < -0.4 is 0 Å². The van der Waals surface area contributed by atoms with E-state index in [0.29, 0.717) is 6.42 Å². The zero-order chi connectivity index (χ0) is 9.94. The van der Waals surface area contributed by atoms with Crippen LogP contribution in [0.25, 0.3) is 0 Å². The van der Waals surface area contributed by atoms with Gasteiger partial charge in [-0.05, 0) is 12.8 Å². The summed E-state index contributed by atoms with van der Waals surface area (Å²) in [5, 5.41) is 2.99. The van der Waals surface area contributed by atoms with Crippen LogP contribution in [-0.4, -0.2) is 6.04 Å². The lowest BCUT2D eigenvalue weighted by molar-refractivity contribution is 0.665. The van der Waals surface area contributed by atoms with Crippen molar-refractivity contribution in [1.29, 1.82) is 0 Å². The minimum Gasteiger partial charge on any atom is -0.150 e. The molecule has 0 N–H and O–H groups in total. The maximum atomic E-state index is 10.2. The molecule has 0 saturated heterocycles. The van der Waals surface area contributed by atoms with Crippen molar-refractivity contribution in [3.05, 3.63) is 4.91 Å². The summed E-state index contributed by atoms with van der Waals surface area (Å²) in [7, 11) is 0. The molecule has 0 aliphatic rings. The van der Waals surface area contributed by atoms with E-state index >= 15 is 0 Å². The average Bonchev–Trinajstić information content (AvgIpc) is 2.17. The molecule has 2 heteroatoms. The molecular weight excluding hydrogens is 162 g/mol. The lowest BCUT2D eigenvalue weighted by atomic mass is 10.1. The van der Waals surface area contributed by atoms with Gasteiger partial charge < -0.3 is 0 Å². The second-order valence-electron chi connectivity index (χ2n) is 3.18. The smallest absolute Gasteiger partial charge is 0.103 e. The molecule has 0 fully saturated rings. The molecular formula is C11H19NO. The van der Waals surface area contributed by atoms with Crippen molar-refractivity contribution in [2.45, 2.75) is 58.4 Å². The Hall–Kier alpha value is -0.840. The molecule has 0 radical (unpaired) electrons. The van der Waals surface area contributed by atoms with E-state index < -0.39 is 0 Å². The molecule has 0 unspecified atom stereocenters. The highest BCUT2D eigenvalue weighted by Gasteiger charge is 2.00. The molecule has 0 aromatic rings. The van der Waals surface area contributed by atoms with E-state index in [2.05, 4.69) is 23.9 Å². The number of rotatable bonds is 6. The highest BCUT2D eigenvalue weighted by atomic mass is 16.3.